The first-order valence-electron chi connectivity index (χ1n) is 13.4. The van der Waals surface area contributed by atoms with Crippen LogP contribution in [0.1, 0.15) is 57.9 Å². The smallest absolute Gasteiger partial charge is 0.316 e. The zero-order valence-electron chi connectivity index (χ0n) is 22.7. The van der Waals surface area contributed by atoms with Gasteiger partial charge in [0.05, 0.1) is 17.9 Å². The first kappa shape index (κ1) is 26.5. The molecule has 10 heteroatoms. The van der Waals surface area contributed by atoms with Gasteiger partial charge in [-0.1, -0.05) is 24.3 Å². The van der Waals surface area contributed by atoms with E-state index in [0.717, 1.165) is 5.56 Å². The summed E-state index contributed by atoms with van der Waals surface area (Å²) in [5.74, 6) is -3.05. The van der Waals surface area contributed by atoms with Crippen LogP contribution in [0.2, 0.25) is 0 Å². The van der Waals surface area contributed by atoms with Gasteiger partial charge in [0, 0.05) is 18.8 Å². The van der Waals surface area contributed by atoms with E-state index in [1.165, 1.54) is 26.2 Å². The van der Waals surface area contributed by atoms with Crippen LogP contribution in [0.5, 0.6) is 0 Å². The average molecular weight is 559 g/mol. The highest BCUT2D eigenvalue weighted by molar-refractivity contribution is 7.86. The van der Waals surface area contributed by atoms with Gasteiger partial charge in [-0.05, 0) is 75.5 Å². The number of rotatable bonds is 5. The van der Waals surface area contributed by atoms with Crippen LogP contribution in [0.15, 0.2) is 41.3 Å². The maximum atomic E-state index is 13.7. The second kappa shape index (κ2) is 8.16. The second-order valence-corrected chi connectivity index (χ2v) is 13.9. The predicted molar refractivity (Wildman–Crippen MR) is 136 cm³/mol. The molecular weight excluding hydrogens is 524 g/mol. The van der Waals surface area contributed by atoms with Crippen LogP contribution in [-0.2, 0) is 42.9 Å². The molecule has 0 N–H and O–H groups in total. The van der Waals surface area contributed by atoms with E-state index in [4.69, 9.17) is 18.4 Å². The van der Waals surface area contributed by atoms with Gasteiger partial charge in [-0.25, -0.2) is 0 Å². The number of hydrogen-bond acceptors (Lipinski definition) is 9. The Hall–Kier alpha value is -2.72. The average Bonchev–Trinajstić information content (AvgIpc) is 3.29. The minimum Gasteiger partial charge on any atom is -0.469 e. The summed E-state index contributed by atoms with van der Waals surface area (Å²) < 4.78 is 50.2. The summed E-state index contributed by atoms with van der Waals surface area (Å²) in [5.41, 5.74) is -2.59. The van der Waals surface area contributed by atoms with Crippen LogP contribution in [-0.4, -0.2) is 50.7 Å². The first-order chi connectivity index (χ1) is 18.3. The van der Waals surface area contributed by atoms with Crippen molar-refractivity contribution in [2.24, 2.45) is 28.6 Å². The fourth-order valence-electron chi connectivity index (χ4n) is 9.19. The number of carbonyl (C=O) groups excluding carboxylic acids is 3. The number of benzene rings is 1. The van der Waals surface area contributed by atoms with Crippen LogP contribution in [0, 0.1) is 35.5 Å². The summed E-state index contributed by atoms with van der Waals surface area (Å²) in [7, 11) is -2.81. The number of aryl methyl sites for hydroxylation is 1. The third-order valence-corrected chi connectivity index (χ3v) is 12.0. The molecule has 210 valence electrons. The van der Waals surface area contributed by atoms with E-state index in [0.29, 0.717) is 37.7 Å². The quantitative estimate of drug-likeness (QED) is 0.231. The normalized spacial score (nSPS) is 41.9. The molecule has 1 aromatic rings. The highest BCUT2D eigenvalue weighted by Gasteiger charge is 2.85. The van der Waals surface area contributed by atoms with Gasteiger partial charge in [0.25, 0.3) is 10.1 Å². The van der Waals surface area contributed by atoms with E-state index in [-0.39, 0.29) is 17.2 Å². The molecule has 9 nitrogen and oxygen atoms in total. The Morgan fingerprint density at radius 3 is 2.46 bits per heavy atom. The van der Waals surface area contributed by atoms with Gasteiger partial charge in [-0.15, -0.1) is 0 Å². The van der Waals surface area contributed by atoms with Gasteiger partial charge in [0.15, 0.2) is 0 Å². The van der Waals surface area contributed by atoms with Crippen LogP contribution in [0.4, 0.5) is 0 Å². The molecule has 5 fully saturated rings. The van der Waals surface area contributed by atoms with Gasteiger partial charge in [0.2, 0.25) is 0 Å². The van der Waals surface area contributed by atoms with Gasteiger partial charge in [0.1, 0.15) is 22.7 Å². The van der Waals surface area contributed by atoms with Crippen molar-refractivity contribution in [3.05, 3.63) is 42.0 Å². The lowest BCUT2D eigenvalue weighted by atomic mass is 9.59. The Labute approximate surface area is 228 Å². The minimum absolute atomic E-state index is 0.0614. The summed E-state index contributed by atoms with van der Waals surface area (Å²) in [6.07, 6.45) is 1.60. The fourth-order valence-corrected chi connectivity index (χ4v) is 10.4. The van der Waals surface area contributed by atoms with Crippen LogP contribution >= 0.6 is 0 Å². The molecular formula is C29H34O9S. The predicted octanol–water partition coefficient (Wildman–Crippen LogP) is 3.63. The molecule has 6 rings (SSSR count). The van der Waals surface area contributed by atoms with Gasteiger partial charge in [-0.3, -0.25) is 18.6 Å². The Morgan fingerprint density at radius 1 is 1.13 bits per heavy atom. The van der Waals surface area contributed by atoms with E-state index < -0.39 is 68.0 Å². The summed E-state index contributed by atoms with van der Waals surface area (Å²) >= 11 is 0. The van der Waals surface area contributed by atoms with Gasteiger partial charge >= 0.3 is 17.9 Å². The van der Waals surface area contributed by atoms with Crippen LogP contribution in [0.25, 0.3) is 0 Å². The molecule has 1 aliphatic heterocycles. The lowest BCUT2D eigenvalue weighted by Crippen LogP contribution is -2.54. The lowest BCUT2D eigenvalue weighted by Gasteiger charge is -2.46. The van der Waals surface area contributed by atoms with Crippen molar-refractivity contribution in [3.8, 4) is 0 Å². The number of methoxy groups -OCH3 is 1. The highest BCUT2D eigenvalue weighted by Crippen LogP contribution is 2.79. The number of carbonyl (C=O) groups is 3. The van der Waals surface area contributed by atoms with Gasteiger partial charge in [-0.2, -0.15) is 8.42 Å². The summed E-state index contributed by atoms with van der Waals surface area (Å²) in [6.45, 7) is 9.19. The molecule has 0 radical (unpaired) electrons. The highest BCUT2D eigenvalue weighted by atomic mass is 32.2. The lowest BCUT2D eigenvalue weighted by molar-refractivity contribution is -0.170. The van der Waals surface area contributed by atoms with E-state index >= 15 is 0 Å². The Kier molecular flexibility index (Phi) is 5.54. The molecule has 8 atom stereocenters. The first-order valence-corrected chi connectivity index (χ1v) is 14.9. The molecule has 1 aromatic carbocycles. The van der Waals surface area contributed by atoms with E-state index in [1.54, 1.807) is 19.1 Å². The van der Waals surface area contributed by atoms with Crippen LogP contribution < -0.4 is 0 Å². The van der Waals surface area contributed by atoms with Crippen molar-refractivity contribution in [1.82, 2.24) is 0 Å². The van der Waals surface area contributed by atoms with Crippen molar-refractivity contribution in [1.29, 1.82) is 0 Å². The van der Waals surface area contributed by atoms with E-state index in [2.05, 4.69) is 6.58 Å². The van der Waals surface area contributed by atoms with Crippen LogP contribution in [0.3, 0.4) is 0 Å². The molecule has 0 amide bonds. The number of hydrogen-bond donors (Lipinski definition) is 0. The SMILES string of the molecule is C=C1C[C@]23C[C@@]1(OS(=O)(=O)c1ccc(C)cc1)CC[C@H]2[C@@]12CC[C@H](OC(C)=O)[C@](C)(C(=O)O1)[C@H]2[C@@H]3C(=O)OC. The largest absolute Gasteiger partial charge is 0.469 e. The zero-order valence-corrected chi connectivity index (χ0v) is 23.5. The maximum Gasteiger partial charge on any atom is 0.316 e. The summed E-state index contributed by atoms with van der Waals surface area (Å²) in [5, 5.41) is 0. The number of esters is 3. The molecule has 39 heavy (non-hydrogen) atoms. The fraction of sp³-hybridized carbons (Fsp3) is 0.621. The molecule has 4 aliphatic carbocycles. The van der Waals surface area contributed by atoms with E-state index in [9.17, 15) is 22.8 Å². The Morgan fingerprint density at radius 2 is 1.82 bits per heavy atom. The van der Waals surface area contributed by atoms with Gasteiger partial charge < -0.3 is 14.2 Å². The maximum absolute atomic E-state index is 13.7. The summed E-state index contributed by atoms with van der Waals surface area (Å²) in [6, 6.07) is 6.48. The minimum atomic E-state index is -4.13. The van der Waals surface area contributed by atoms with E-state index in [1.807, 2.05) is 6.92 Å². The molecule has 1 heterocycles. The van der Waals surface area contributed by atoms with Crippen molar-refractivity contribution in [2.45, 2.75) is 81.5 Å². The molecule has 5 aliphatic rings. The van der Waals surface area contributed by atoms with Crippen molar-refractivity contribution < 1.29 is 41.2 Å². The topological polar surface area (TPSA) is 122 Å². The monoisotopic (exact) mass is 558 g/mol. The Balaban J connectivity index is 1.44. The van der Waals surface area contributed by atoms with Crippen molar-refractivity contribution in [2.75, 3.05) is 7.11 Å². The zero-order chi connectivity index (χ0) is 28.2. The molecule has 1 spiro atoms. The van der Waals surface area contributed by atoms with Crippen molar-refractivity contribution in [3.63, 3.8) is 0 Å². The number of fused-ring (bicyclic) bond motifs is 1. The third kappa shape index (κ3) is 3.27. The molecule has 4 saturated carbocycles. The number of ether oxygens (including phenoxy) is 3. The molecule has 0 unspecified atom stereocenters. The molecule has 1 saturated heterocycles. The second-order valence-electron chi connectivity index (χ2n) is 12.4. The molecule has 0 aromatic heterocycles. The van der Waals surface area contributed by atoms with Crippen molar-refractivity contribution >= 4 is 28.0 Å². The summed E-state index contributed by atoms with van der Waals surface area (Å²) in [4.78, 5) is 39.2. The molecule has 4 bridgehead atoms. The third-order valence-electron chi connectivity index (χ3n) is 10.6. The standard InChI is InChI=1S/C29H34O9S/c1-16-6-8-19(9-7-16)39(33,34)38-28-12-10-20-27(15-28,14-17(28)2)22(24(31)35-5)23-26(4)21(36-18(3)30)11-13-29(20,23)37-25(26)32/h6-9,20-23H,2,10-15H2,1,3-5H3/t20-,21+,22-,23-,26+,27+,28+,29-/m1/s1. The Bertz CT molecular complexity index is 1400.